The van der Waals surface area contributed by atoms with Crippen LogP contribution in [0.1, 0.15) is 71.1 Å². The third kappa shape index (κ3) is 21.7. The number of carbonyl (C=O) groups is 1. The van der Waals surface area contributed by atoms with Crippen LogP contribution in [0, 0.1) is 0 Å². The molecule has 1 aromatic carbocycles. The number of benzene rings is 1. The van der Waals surface area contributed by atoms with Gasteiger partial charge in [-0.15, -0.1) is 0 Å². The van der Waals surface area contributed by atoms with E-state index in [0.717, 1.165) is 24.0 Å². The zero-order chi connectivity index (χ0) is 27.6. The molecule has 0 unspecified atom stereocenters. The number of nitrogens with one attached hydrogen (secondary N) is 1. The van der Waals surface area contributed by atoms with Gasteiger partial charge in [-0.2, -0.15) is 15.4 Å². The summed E-state index contributed by atoms with van der Waals surface area (Å²) < 4.78 is 0. The summed E-state index contributed by atoms with van der Waals surface area (Å²) in [4.78, 5) is 14.1. The number of carboxylic acids is 1. The number of nitrogens with zero attached hydrogens (tertiary/aromatic N) is 4. The Bertz CT molecular complexity index is 717. The Labute approximate surface area is 222 Å². The minimum atomic E-state index is -0.732. The molecule has 0 aliphatic carbocycles. The molecular formula is C27H51N5O5. The fourth-order valence-corrected chi connectivity index (χ4v) is 3.72. The van der Waals surface area contributed by atoms with Crippen molar-refractivity contribution < 1.29 is 25.2 Å². The third-order valence-corrected chi connectivity index (χ3v) is 5.77. The quantitative estimate of drug-likeness (QED) is 0.175. The highest BCUT2D eigenvalue weighted by Gasteiger charge is 2.03. The highest BCUT2D eigenvalue weighted by atomic mass is 16.4. The van der Waals surface area contributed by atoms with E-state index in [1.807, 2.05) is 36.2 Å². The number of carboxylic acid groups (broad SMARTS) is 1. The van der Waals surface area contributed by atoms with E-state index in [0.29, 0.717) is 19.6 Å². The highest BCUT2D eigenvalue weighted by molar-refractivity contribution is 5.72. The number of aliphatic hydroxyl groups excluding tert-OH is 3. The molecule has 10 heteroatoms. The smallest absolute Gasteiger partial charge is 0.317 e. The molecule has 2 rings (SSSR count). The third-order valence-electron chi connectivity index (χ3n) is 5.77. The molecule has 37 heavy (non-hydrogen) atoms. The van der Waals surface area contributed by atoms with Crippen molar-refractivity contribution in [3.63, 3.8) is 0 Å². The predicted octanol–water partition coefficient (Wildman–Crippen LogP) is 3.15. The second-order valence-corrected chi connectivity index (χ2v) is 9.14. The Kier molecular flexibility index (Phi) is 24.1. The maximum absolute atomic E-state index is 10.5. The monoisotopic (exact) mass is 525 g/mol. The van der Waals surface area contributed by atoms with Gasteiger partial charge in [-0.3, -0.25) is 14.6 Å². The summed E-state index contributed by atoms with van der Waals surface area (Å²) in [6.45, 7) is 5.07. The summed E-state index contributed by atoms with van der Waals surface area (Å²) in [6, 6.07) is 7.70. The number of para-hydroxylation sites is 2. The second-order valence-electron chi connectivity index (χ2n) is 9.14. The normalized spacial score (nSPS) is 10.8. The molecule has 10 nitrogen and oxygen atoms in total. The van der Waals surface area contributed by atoms with Crippen LogP contribution < -0.4 is 0 Å². The maximum atomic E-state index is 10.5. The van der Waals surface area contributed by atoms with Gasteiger partial charge < -0.3 is 20.4 Å². The van der Waals surface area contributed by atoms with Crippen molar-refractivity contribution >= 4 is 17.0 Å². The molecule has 0 aliphatic rings. The number of H-pyrrole nitrogens is 1. The molecule has 2 aromatic rings. The van der Waals surface area contributed by atoms with Crippen molar-refractivity contribution in [2.75, 3.05) is 59.6 Å². The lowest BCUT2D eigenvalue weighted by molar-refractivity contribution is -0.137. The number of likely N-dealkylation sites (N-methyl/N-ethyl adjacent to an activating group) is 1. The first-order chi connectivity index (χ1) is 18.0. The molecule has 0 aliphatic heterocycles. The summed E-state index contributed by atoms with van der Waals surface area (Å²) >= 11 is 0. The van der Waals surface area contributed by atoms with Crippen LogP contribution in [0.5, 0.6) is 0 Å². The maximum Gasteiger partial charge on any atom is 0.317 e. The van der Waals surface area contributed by atoms with Crippen molar-refractivity contribution in [1.82, 2.24) is 25.2 Å². The highest BCUT2D eigenvalue weighted by Crippen LogP contribution is 2.10. The van der Waals surface area contributed by atoms with E-state index in [-0.39, 0.29) is 26.4 Å². The van der Waals surface area contributed by atoms with Gasteiger partial charge in [0.2, 0.25) is 0 Å². The SMILES string of the molecule is CCCCCCCCCCCCN(C)CC(=O)O.OCCN(CCO)CCO.c1ccc2n[nH]nc2c1. The molecule has 1 heterocycles. The Morgan fingerprint density at radius 3 is 1.59 bits per heavy atom. The van der Waals surface area contributed by atoms with Gasteiger partial charge >= 0.3 is 5.97 Å². The summed E-state index contributed by atoms with van der Waals surface area (Å²) in [5, 5.41) is 44.4. The van der Waals surface area contributed by atoms with Gasteiger partial charge in [0, 0.05) is 19.6 Å². The molecule has 0 amide bonds. The van der Waals surface area contributed by atoms with Gasteiger partial charge in [-0.25, -0.2) is 0 Å². The molecular weight excluding hydrogens is 474 g/mol. The van der Waals surface area contributed by atoms with Crippen LogP contribution in [0.4, 0.5) is 0 Å². The van der Waals surface area contributed by atoms with Crippen LogP contribution in [0.15, 0.2) is 24.3 Å². The topological polar surface area (TPSA) is 146 Å². The number of aromatic nitrogens is 3. The molecule has 0 saturated heterocycles. The van der Waals surface area contributed by atoms with Crippen LogP contribution in [0.25, 0.3) is 11.0 Å². The van der Waals surface area contributed by atoms with Crippen molar-refractivity contribution in [2.45, 2.75) is 71.1 Å². The van der Waals surface area contributed by atoms with E-state index >= 15 is 0 Å². The Morgan fingerprint density at radius 1 is 0.757 bits per heavy atom. The number of fused-ring (bicyclic) bond motifs is 1. The number of aliphatic carboxylic acids is 1. The van der Waals surface area contributed by atoms with Crippen molar-refractivity contribution in [1.29, 1.82) is 0 Å². The standard InChI is InChI=1S/C15H31NO2.C6H5N3.C6H15NO3/c1-3-4-5-6-7-8-9-10-11-12-13-16(2)14-15(17)18;1-2-4-6-5(3-1)7-9-8-6;8-4-1-7(2-5-9)3-6-10/h3-14H2,1-2H3,(H,17,18);1-4H,(H,7,8,9);8-10H,1-6H2. The van der Waals surface area contributed by atoms with Gasteiger partial charge in [0.25, 0.3) is 0 Å². The van der Waals surface area contributed by atoms with Crippen LogP contribution in [-0.2, 0) is 4.79 Å². The fraction of sp³-hybridized carbons (Fsp3) is 0.741. The average Bonchev–Trinajstić information content (AvgIpc) is 3.35. The van der Waals surface area contributed by atoms with E-state index in [4.69, 9.17) is 20.4 Å². The van der Waals surface area contributed by atoms with E-state index in [1.54, 1.807) is 4.90 Å². The number of aliphatic hydroxyl groups is 3. The first-order valence-electron chi connectivity index (χ1n) is 13.7. The first-order valence-corrected chi connectivity index (χ1v) is 13.7. The average molecular weight is 526 g/mol. The summed E-state index contributed by atoms with van der Waals surface area (Å²) in [5.41, 5.74) is 1.83. The van der Waals surface area contributed by atoms with Crippen molar-refractivity contribution in [2.24, 2.45) is 0 Å². The number of hydrogen-bond acceptors (Lipinski definition) is 8. The van der Waals surface area contributed by atoms with E-state index in [2.05, 4.69) is 22.3 Å². The predicted molar refractivity (Wildman–Crippen MR) is 149 cm³/mol. The van der Waals surface area contributed by atoms with E-state index in [9.17, 15) is 4.79 Å². The molecule has 0 radical (unpaired) electrons. The Morgan fingerprint density at radius 2 is 1.19 bits per heavy atom. The van der Waals surface area contributed by atoms with Crippen LogP contribution in [0.2, 0.25) is 0 Å². The lowest BCUT2D eigenvalue weighted by Crippen LogP contribution is -2.32. The number of rotatable bonds is 19. The van der Waals surface area contributed by atoms with Crippen LogP contribution >= 0.6 is 0 Å². The molecule has 214 valence electrons. The molecule has 0 atom stereocenters. The fourth-order valence-electron chi connectivity index (χ4n) is 3.72. The number of unbranched alkanes of at least 4 members (excludes halogenated alkanes) is 9. The molecule has 1 aromatic heterocycles. The van der Waals surface area contributed by atoms with Gasteiger partial charge in [0.15, 0.2) is 0 Å². The second kappa shape index (κ2) is 25.5. The lowest BCUT2D eigenvalue weighted by atomic mass is 10.1. The van der Waals surface area contributed by atoms with Gasteiger partial charge in [-0.1, -0.05) is 76.8 Å². The number of hydrogen-bond donors (Lipinski definition) is 5. The van der Waals surface area contributed by atoms with Crippen molar-refractivity contribution in [3.05, 3.63) is 24.3 Å². The molecule has 0 spiro atoms. The lowest BCUT2D eigenvalue weighted by Gasteiger charge is -2.17. The Hall–Kier alpha value is -2.11. The molecule has 5 N–H and O–H groups in total. The van der Waals surface area contributed by atoms with Crippen molar-refractivity contribution in [3.8, 4) is 0 Å². The summed E-state index contributed by atoms with van der Waals surface area (Å²) in [7, 11) is 1.88. The summed E-state index contributed by atoms with van der Waals surface area (Å²) in [6.07, 6.45) is 13.3. The van der Waals surface area contributed by atoms with E-state index in [1.165, 1.54) is 57.8 Å². The number of aromatic amines is 1. The largest absolute Gasteiger partial charge is 0.480 e. The zero-order valence-electron chi connectivity index (χ0n) is 23.0. The molecule has 0 bridgehead atoms. The molecule has 0 saturated carbocycles. The Balaban J connectivity index is 0.000000571. The minimum absolute atomic E-state index is 0.0694. The molecule has 0 fully saturated rings. The van der Waals surface area contributed by atoms with Gasteiger partial charge in [0.05, 0.1) is 26.4 Å². The zero-order valence-corrected chi connectivity index (χ0v) is 23.0. The van der Waals surface area contributed by atoms with Gasteiger partial charge in [0.1, 0.15) is 11.0 Å². The van der Waals surface area contributed by atoms with Crippen LogP contribution in [0.3, 0.4) is 0 Å². The van der Waals surface area contributed by atoms with E-state index < -0.39 is 5.97 Å². The van der Waals surface area contributed by atoms with Crippen LogP contribution in [-0.4, -0.2) is 111 Å². The minimum Gasteiger partial charge on any atom is -0.480 e. The van der Waals surface area contributed by atoms with Gasteiger partial charge in [-0.05, 0) is 32.1 Å². The first kappa shape index (κ1) is 34.9. The summed E-state index contributed by atoms with van der Waals surface area (Å²) in [5.74, 6) is -0.732.